The lowest BCUT2D eigenvalue weighted by molar-refractivity contribution is -0.135. The third-order valence-corrected chi connectivity index (χ3v) is 6.26. The first-order valence-electron chi connectivity index (χ1n) is 9.24. The van der Waals surface area contributed by atoms with E-state index in [9.17, 15) is 9.59 Å². The number of furan rings is 1. The molecule has 2 amide bonds. The molecule has 5 nitrogen and oxygen atoms in total. The van der Waals surface area contributed by atoms with Crippen LogP contribution in [0.1, 0.15) is 32.1 Å². The summed E-state index contributed by atoms with van der Waals surface area (Å²) in [6.45, 7) is 3.00. The van der Waals surface area contributed by atoms with Gasteiger partial charge < -0.3 is 14.2 Å². The number of carbonyl (C=O) groups excluding carboxylic acids is 2. The molecule has 0 spiro atoms. The lowest BCUT2D eigenvalue weighted by Crippen LogP contribution is -2.52. The van der Waals surface area contributed by atoms with Crippen molar-refractivity contribution in [3.63, 3.8) is 0 Å². The van der Waals surface area contributed by atoms with Crippen molar-refractivity contribution in [2.45, 2.75) is 32.5 Å². The molecule has 0 N–H and O–H groups in total. The number of thiophene rings is 1. The van der Waals surface area contributed by atoms with Gasteiger partial charge in [-0.05, 0) is 47.2 Å². The number of fused-ring (bicyclic) bond motifs is 1. The molecular formula is C22H22N2O3S. The fraction of sp³-hybridized carbons (Fsp3) is 0.273. The van der Waals surface area contributed by atoms with Gasteiger partial charge in [0.05, 0.1) is 12.8 Å². The van der Waals surface area contributed by atoms with Gasteiger partial charge in [0, 0.05) is 24.9 Å². The molecule has 0 radical (unpaired) electrons. The van der Waals surface area contributed by atoms with Crippen LogP contribution in [0.5, 0.6) is 0 Å². The van der Waals surface area contributed by atoms with Crippen LogP contribution >= 0.6 is 11.3 Å². The molecule has 0 bridgehead atoms. The van der Waals surface area contributed by atoms with E-state index in [-0.39, 0.29) is 17.6 Å². The van der Waals surface area contributed by atoms with Crippen LogP contribution in [0.3, 0.4) is 0 Å². The SMILES string of the molecule is Cc1ccsc1CN(C)C(=O)C1Cc2ccccc2CN1C(=O)c1ccco1. The van der Waals surface area contributed by atoms with Crippen molar-refractivity contribution in [1.29, 1.82) is 0 Å². The van der Waals surface area contributed by atoms with E-state index in [0.717, 1.165) is 16.0 Å². The largest absolute Gasteiger partial charge is 0.459 e. The Kier molecular flexibility index (Phi) is 5.05. The monoisotopic (exact) mass is 394 g/mol. The average molecular weight is 394 g/mol. The zero-order chi connectivity index (χ0) is 19.7. The number of rotatable bonds is 4. The topological polar surface area (TPSA) is 53.8 Å². The zero-order valence-corrected chi connectivity index (χ0v) is 16.7. The minimum atomic E-state index is -0.544. The van der Waals surface area contributed by atoms with E-state index < -0.39 is 6.04 Å². The van der Waals surface area contributed by atoms with E-state index in [1.807, 2.05) is 36.6 Å². The Morgan fingerprint density at radius 3 is 2.64 bits per heavy atom. The van der Waals surface area contributed by atoms with Gasteiger partial charge in [0.2, 0.25) is 5.91 Å². The van der Waals surface area contributed by atoms with E-state index >= 15 is 0 Å². The minimum Gasteiger partial charge on any atom is -0.459 e. The first-order chi connectivity index (χ1) is 13.5. The first kappa shape index (κ1) is 18.5. The molecule has 1 aliphatic rings. The minimum absolute atomic E-state index is 0.0535. The maximum atomic E-state index is 13.3. The van der Waals surface area contributed by atoms with Crippen LogP contribution in [-0.2, 0) is 24.3 Å². The van der Waals surface area contributed by atoms with Gasteiger partial charge in [-0.3, -0.25) is 9.59 Å². The molecule has 0 aliphatic carbocycles. The average Bonchev–Trinajstić information content (AvgIpc) is 3.38. The molecule has 2 aromatic heterocycles. The number of carbonyl (C=O) groups is 2. The number of likely N-dealkylation sites (N-methyl/N-ethyl adjacent to an activating group) is 1. The van der Waals surface area contributed by atoms with Crippen molar-refractivity contribution in [3.8, 4) is 0 Å². The van der Waals surface area contributed by atoms with Crippen LogP contribution in [0.4, 0.5) is 0 Å². The highest BCUT2D eigenvalue weighted by atomic mass is 32.1. The fourth-order valence-electron chi connectivity index (χ4n) is 3.61. The lowest BCUT2D eigenvalue weighted by Gasteiger charge is -2.37. The van der Waals surface area contributed by atoms with Crippen molar-refractivity contribution in [3.05, 3.63) is 81.4 Å². The highest BCUT2D eigenvalue weighted by molar-refractivity contribution is 7.10. The molecule has 0 saturated carbocycles. The van der Waals surface area contributed by atoms with E-state index in [2.05, 4.69) is 6.07 Å². The number of aryl methyl sites for hydroxylation is 1. The molecular weight excluding hydrogens is 372 g/mol. The summed E-state index contributed by atoms with van der Waals surface area (Å²) in [7, 11) is 1.80. The smallest absolute Gasteiger partial charge is 0.290 e. The molecule has 144 valence electrons. The van der Waals surface area contributed by atoms with Gasteiger partial charge >= 0.3 is 0 Å². The molecule has 4 rings (SSSR count). The number of benzene rings is 1. The maximum Gasteiger partial charge on any atom is 0.290 e. The molecule has 1 aliphatic heterocycles. The lowest BCUT2D eigenvalue weighted by atomic mass is 9.93. The van der Waals surface area contributed by atoms with Crippen molar-refractivity contribution in [2.24, 2.45) is 0 Å². The van der Waals surface area contributed by atoms with Crippen LogP contribution in [-0.4, -0.2) is 34.7 Å². The Labute approximate surface area is 168 Å². The Morgan fingerprint density at radius 2 is 1.96 bits per heavy atom. The Morgan fingerprint density at radius 1 is 1.18 bits per heavy atom. The van der Waals surface area contributed by atoms with E-state index in [0.29, 0.717) is 19.5 Å². The Balaban J connectivity index is 1.62. The predicted molar refractivity (Wildman–Crippen MR) is 108 cm³/mol. The van der Waals surface area contributed by atoms with Crippen LogP contribution in [0.25, 0.3) is 0 Å². The van der Waals surface area contributed by atoms with Crippen LogP contribution < -0.4 is 0 Å². The number of hydrogen-bond donors (Lipinski definition) is 0. The highest BCUT2D eigenvalue weighted by Crippen LogP contribution is 2.27. The van der Waals surface area contributed by atoms with Crippen molar-refractivity contribution >= 4 is 23.2 Å². The summed E-state index contributed by atoms with van der Waals surface area (Å²) < 4.78 is 5.31. The van der Waals surface area contributed by atoms with E-state index in [1.165, 1.54) is 11.8 Å². The molecule has 0 fully saturated rings. The Hall–Kier alpha value is -2.86. The van der Waals surface area contributed by atoms with Gasteiger partial charge in [-0.1, -0.05) is 24.3 Å². The third kappa shape index (κ3) is 3.47. The summed E-state index contributed by atoms with van der Waals surface area (Å²) in [5, 5.41) is 2.03. The first-order valence-corrected chi connectivity index (χ1v) is 10.1. The second-order valence-electron chi connectivity index (χ2n) is 7.12. The quantitative estimate of drug-likeness (QED) is 0.675. The van der Waals surface area contributed by atoms with Gasteiger partial charge in [0.1, 0.15) is 6.04 Å². The van der Waals surface area contributed by atoms with Crippen LogP contribution in [0.15, 0.2) is 58.5 Å². The number of hydrogen-bond acceptors (Lipinski definition) is 4. The standard InChI is InChI=1S/C22H22N2O3S/c1-15-9-11-28-20(15)14-23(2)21(25)18-12-16-6-3-4-7-17(16)13-24(18)22(26)19-8-5-10-27-19/h3-11,18H,12-14H2,1-2H3. The van der Waals surface area contributed by atoms with Crippen molar-refractivity contribution < 1.29 is 14.0 Å². The second-order valence-corrected chi connectivity index (χ2v) is 8.12. The van der Waals surface area contributed by atoms with Crippen molar-refractivity contribution in [2.75, 3.05) is 7.05 Å². The van der Waals surface area contributed by atoms with E-state index in [1.54, 1.807) is 40.3 Å². The van der Waals surface area contributed by atoms with Gasteiger partial charge in [-0.25, -0.2) is 0 Å². The Bertz CT molecular complexity index is 993. The summed E-state index contributed by atoms with van der Waals surface area (Å²) in [5.41, 5.74) is 3.37. The summed E-state index contributed by atoms with van der Waals surface area (Å²) in [4.78, 5) is 30.9. The predicted octanol–water partition coefficient (Wildman–Crippen LogP) is 3.88. The van der Waals surface area contributed by atoms with Gasteiger partial charge in [-0.2, -0.15) is 0 Å². The number of amides is 2. The number of nitrogens with zero attached hydrogens (tertiary/aromatic N) is 2. The molecule has 3 heterocycles. The van der Waals surface area contributed by atoms with Crippen LogP contribution in [0.2, 0.25) is 0 Å². The summed E-state index contributed by atoms with van der Waals surface area (Å²) in [6.07, 6.45) is 1.99. The molecule has 1 unspecified atom stereocenters. The molecule has 28 heavy (non-hydrogen) atoms. The van der Waals surface area contributed by atoms with Gasteiger partial charge in [-0.15, -0.1) is 11.3 Å². The maximum absolute atomic E-state index is 13.3. The summed E-state index contributed by atoms with van der Waals surface area (Å²) in [5.74, 6) is -0.0466. The van der Waals surface area contributed by atoms with E-state index in [4.69, 9.17) is 4.42 Å². The molecule has 0 saturated heterocycles. The molecule has 1 atom stereocenters. The fourth-order valence-corrected chi connectivity index (χ4v) is 4.57. The van der Waals surface area contributed by atoms with Crippen LogP contribution in [0, 0.1) is 6.92 Å². The highest BCUT2D eigenvalue weighted by Gasteiger charge is 2.37. The normalized spacial score (nSPS) is 15.9. The van der Waals surface area contributed by atoms with Gasteiger partial charge in [0.15, 0.2) is 5.76 Å². The molecule has 6 heteroatoms. The summed E-state index contributed by atoms with van der Waals surface area (Å²) in [6, 6.07) is 12.8. The zero-order valence-electron chi connectivity index (χ0n) is 15.9. The van der Waals surface area contributed by atoms with Gasteiger partial charge in [0.25, 0.3) is 5.91 Å². The third-order valence-electron chi connectivity index (χ3n) is 5.25. The second kappa shape index (κ2) is 7.64. The molecule has 1 aromatic carbocycles. The molecule has 3 aromatic rings. The summed E-state index contributed by atoms with van der Waals surface area (Å²) >= 11 is 1.65. The van der Waals surface area contributed by atoms with Crippen molar-refractivity contribution in [1.82, 2.24) is 9.80 Å².